The fourth-order valence-electron chi connectivity index (χ4n) is 4.94. The monoisotopic (exact) mass is 493 g/mol. The zero-order chi connectivity index (χ0) is 24.5. The number of fused-ring (bicyclic) bond motifs is 1. The van der Waals surface area contributed by atoms with Crippen LogP contribution in [0, 0.1) is 0 Å². The van der Waals surface area contributed by atoms with Gasteiger partial charge in [0.15, 0.2) is 0 Å². The van der Waals surface area contributed by atoms with E-state index >= 15 is 0 Å². The van der Waals surface area contributed by atoms with Crippen molar-refractivity contribution in [3.63, 3.8) is 0 Å². The summed E-state index contributed by atoms with van der Waals surface area (Å²) in [6, 6.07) is 7.64. The molecular weight excluding hydrogens is 458 g/mol. The van der Waals surface area contributed by atoms with Crippen LogP contribution >= 0.6 is 0 Å². The van der Waals surface area contributed by atoms with E-state index in [1.807, 2.05) is 45.0 Å². The predicted octanol–water partition coefficient (Wildman–Crippen LogP) is 1.10. The number of nitrogens with zero attached hydrogens (tertiary/aromatic N) is 5. The molecule has 2 aliphatic rings. The van der Waals surface area contributed by atoms with Crippen LogP contribution in [0.1, 0.15) is 33.6 Å². The van der Waals surface area contributed by atoms with E-state index in [1.54, 1.807) is 14.0 Å². The first-order valence-corrected chi connectivity index (χ1v) is 13.5. The average molecular weight is 494 g/mol. The molecule has 0 saturated carbocycles. The number of hydrogen-bond donors (Lipinski definition) is 0. The number of benzene rings is 1. The van der Waals surface area contributed by atoms with E-state index in [-0.39, 0.29) is 43.3 Å². The molecule has 188 valence electrons. The fourth-order valence-corrected chi connectivity index (χ4v) is 6.69. The molecule has 3 heterocycles. The minimum atomic E-state index is -3.59. The molecule has 11 heteroatoms. The molecule has 0 unspecified atom stereocenters. The van der Waals surface area contributed by atoms with Crippen LogP contribution < -0.4 is 5.69 Å². The molecule has 10 nitrogen and oxygen atoms in total. The first-order chi connectivity index (χ1) is 16.2. The summed E-state index contributed by atoms with van der Waals surface area (Å²) in [6.07, 6.45) is 0.759. The quantitative estimate of drug-likeness (QED) is 0.576. The molecule has 1 amide bonds. The summed E-state index contributed by atoms with van der Waals surface area (Å²) in [4.78, 5) is 27.5. The summed E-state index contributed by atoms with van der Waals surface area (Å²) in [7, 11) is -3.59. The highest BCUT2D eigenvalue weighted by atomic mass is 32.2. The van der Waals surface area contributed by atoms with E-state index in [2.05, 4.69) is 0 Å². The van der Waals surface area contributed by atoms with Crippen LogP contribution in [0.25, 0.3) is 11.0 Å². The van der Waals surface area contributed by atoms with Gasteiger partial charge in [-0.1, -0.05) is 19.1 Å². The Morgan fingerprint density at radius 1 is 0.941 bits per heavy atom. The molecule has 0 aliphatic carbocycles. The number of hydrogen-bond acceptors (Lipinski definition) is 5. The number of para-hydroxylation sites is 2. The van der Waals surface area contributed by atoms with Gasteiger partial charge < -0.3 is 9.64 Å². The summed E-state index contributed by atoms with van der Waals surface area (Å²) < 4.78 is 38.2. The predicted molar refractivity (Wildman–Crippen MR) is 130 cm³/mol. The molecule has 1 aromatic heterocycles. The van der Waals surface area contributed by atoms with Gasteiger partial charge in [0.25, 0.3) is 10.2 Å². The molecule has 1 aromatic carbocycles. The lowest BCUT2D eigenvalue weighted by Gasteiger charge is -2.40. The first-order valence-electron chi connectivity index (χ1n) is 12.1. The molecule has 0 bridgehead atoms. The summed E-state index contributed by atoms with van der Waals surface area (Å²) in [6.45, 7) is 8.63. The van der Waals surface area contributed by atoms with Crippen molar-refractivity contribution < 1.29 is 17.9 Å². The Balaban J connectivity index is 1.37. The van der Waals surface area contributed by atoms with Crippen LogP contribution in [-0.2, 0) is 32.8 Å². The topological polar surface area (TPSA) is 97.1 Å². The Bertz CT molecular complexity index is 1170. The van der Waals surface area contributed by atoms with Crippen LogP contribution in [0.3, 0.4) is 0 Å². The van der Waals surface area contributed by atoms with E-state index in [4.69, 9.17) is 4.74 Å². The molecule has 2 aromatic rings. The summed E-state index contributed by atoms with van der Waals surface area (Å²) in [5.74, 6) is -0.0649. The maximum atomic E-state index is 13.1. The smallest absolute Gasteiger partial charge is 0.329 e. The number of carbonyl (C=O) groups is 1. The van der Waals surface area contributed by atoms with Crippen LogP contribution in [0.4, 0.5) is 0 Å². The Hall–Kier alpha value is -2.21. The largest absolute Gasteiger partial charge is 0.373 e. The zero-order valence-electron chi connectivity index (χ0n) is 20.2. The van der Waals surface area contributed by atoms with Gasteiger partial charge in [-0.25, -0.2) is 4.79 Å². The first kappa shape index (κ1) is 24.9. The van der Waals surface area contributed by atoms with Gasteiger partial charge in [0.1, 0.15) is 0 Å². The number of ether oxygens (including phenoxy) is 1. The second kappa shape index (κ2) is 10.2. The summed E-state index contributed by atoms with van der Waals surface area (Å²) in [5, 5.41) is 0. The second-order valence-corrected chi connectivity index (χ2v) is 11.1. The lowest BCUT2D eigenvalue weighted by atomic mass is 10.3. The van der Waals surface area contributed by atoms with E-state index < -0.39 is 10.2 Å². The van der Waals surface area contributed by atoms with Crippen molar-refractivity contribution in [2.45, 2.75) is 58.9 Å². The molecule has 2 aliphatic heterocycles. The minimum absolute atomic E-state index is 0.0649. The lowest BCUT2D eigenvalue weighted by molar-refractivity contribution is -0.132. The third-order valence-corrected chi connectivity index (χ3v) is 8.52. The normalized spacial score (nSPS) is 23.0. The van der Waals surface area contributed by atoms with Gasteiger partial charge in [0.2, 0.25) is 5.91 Å². The zero-order valence-corrected chi connectivity index (χ0v) is 21.0. The van der Waals surface area contributed by atoms with Crippen LogP contribution in [0.15, 0.2) is 29.1 Å². The Kier molecular flexibility index (Phi) is 7.46. The molecule has 0 spiro atoms. The molecule has 4 rings (SSSR count). The number of aryl methyl sites for hydroxylation is 2. The van der Waals surface area contributed by atoms with Crippen molar-refractivity contribution in [1.29, 1.82) is 0 Å². The van der Waals surface area contributed by atoms with Gasteiger partial charge in [-0.15, -0.1) is 0 Å². The van der Waals surface area contributed by atoms with E-state index in [1.165, 1.54) is 8.61 Å². The third kappa shape index (κ3) is 4.93. The minimum Gasteiger partial charge on any atom is -0.373 e. The van der Waals surface area contributed by atoms with E-state index in [0.717, 1.165) is 17.5 Å². The number of rotatable bonds is 7. The van der Waals surface area contributed by atoms with Crippen LogP contribution in [0.5, 0.6) is 0 Å². The molecule has 0 N–H and O–H groups in total. The van der Waals surface area contributed by atoms with Crippen LogP contribution in [-0.4, -0.2) is 88.4 Å². The maximum absolute atomic E-state index is 13.1. The number of carbonyl (C=O) groups excluding carboxylic acids is 1. The number of piperazine rings is 1. The van der Waals surface area contributed by atoms with Crippen molar-refractivity contribution in [3.8, 4) is 0 Å². The van der Waals surface area contributed by atoms with Gasteiger partial charge in [-0.2, -0.15) is 17.0 Å². The van der Waals surface area contributed by atoms with Gasteiger partial charge in [0.05, 0.1) is 23.2 Å². The molecule has 34 heavy (non-hydrogen) atoms. The maximum Gasteiger partial charge on any atom is 0.329 e. The van der Waals surface area contributed by atoms with Crippen molar-refractivity contribution in [1.82, 2.24) is 22.6 Å². The number of aromatic nitrogens is 2. The van der Waals surface area contributed by atoms with Crippen molar-refractivity contribution in [2.75, 3.05) is 39.3 Å². The number of morpholine rings is 1. The molecule has 2 fully saturated rings. The van der Waals surface area contributed by atoms with Crippen molar-refractivity contribution in [2.24, 2.45) is 0 Å². The third-order valence-electron chi connectivity index (χ3n) is 6.55. The highest BCUT2D eigenvalue weighted by Gasteiger charge is 2.37. The van der Waals surface area contributed by atoms with Crippen LogP contribution in [0.2, 0.25) is 0 Å². The van der Waals surface area contributed by atoms with Gasteiger partial charge in [-0.05, 0) is 32.4 Å². The van der Waals surface area contributed by atoms with Gasteiger partial charge in [-0.3, -0.25) is 13.9 Å². The molecule has 2 saturated heterocycles. The van der Waals surface area contributed by atoms with E-state index in [9.17, 15) is 18.0 Å². The van der Waals surface area contributed by atoms with Crippen molar-refractivity contribution >= 4 is 27.1 Å². The molecule has 2 atom stereocenters. The summed E-state index contributed by atoms with van der Waals surface area (Å²) in [5.41, 5.74) is 1.62. The second-order valence-electron chi connectivity index (χ2n) is 9.19. The fraction of sp³-hybridized carbons (Fsp3) is 0.652. The van der Waals surface area contributed by atoms with E-state index in [0.29, 0.717) is 39.3 Å². The van der Waals surface area contributed by atoms with Gasteiger partial charge in [0, 0.05) is 58.8 Å². The molecular formula is C23H35N5O5S. The average Bonchev–Trinajstić information content (AvgIpc) is 3.08. The Morgan fingerprint density at radius 3 is 2.06 bits per heavy atom. The Labute approximate surface area is 200 Å². The number of amides is 1. The van der Waals surface area contributed by atoms with Crippen molar-refractivity contribution in [3.05, 3.63) is 34.7 Å². The van der Waals surface area contributed by atoms with Gasteiger partial charge >= 0.3 is 5.69 Å². The highest BCUT2D eigenvalue weighted by molar-refractivity contribution is 7.86. The lowest BCUT2D eigenvalue weighted by Crippen LogP contribution is -2.57. The summed E-state index contributed by atoms with van der Waals surface area (Å²) >= 11 is 0. The SMILES string of the molecule is CCCn1c(=O)n(CCC(=O)N2CCN(S(=O)(=O)N3C[C@@H](C)O[C@H](C)C3)CC2)c2ccccc21. The number of imidazole rings is 1. The Morgan fingerprint density at radius 2 is 1.50 bits per heavy atom. The molecule has 0 radical (unpaired) electrons. The standard InChI is InChI=1S/C23H35N5O5S/c1-4-10-27-20-7-5-6-8-21(20)28(23(27)30)11-9-22(29)24-12-14-25(15-13-24)34(31,32)26-16-18(2)33-19(3)17-26/h5-8,18-19H,4,9-17H2,1-3H3/t18-,19-/m1/s1. The highest BCUT2D eigenvalue weighted by Crippen LogP contribution is 2.19.